The second-order valence-corrected chi connectivity index (χ2v) is 2.53. The van der Waals surface area contributed by atoms with Crippen molar-refractivity contribution in [2.75, 3.05) is 0 Å². The van der Waals surface area contributed by atoms with E-state index in [4.69, 9.17) is 11.6 Å². The van der Waals surface area contributed by atoms with Crippen molar-refractivity contribution in [1.82, 2.24) is 19.8 Å². The third kappa shape index (κ3) is 0.947. The molecular weight excluding hydrogens is 180 g/mol. The minimum absolute atomic E-state index is 0.240. The van der Waals surface area contributed by atoms with Crippen molar-refractivity contribution >= 4 is 23.5 Å². The molecule has 0 amide bonds. The van der Waals surface area contributed by atoms with Gasteiger partial charge in [0.2, 0.25) is 0 Å². The number of halogens is 1. The zero-order valence-electron chi connectivity index (χ0n) is 5.81. The van der Waals surface area contributed by atoms with E-state index < -0.39 is 0 Å². The summed E-state index contributed by atoms with van der Waals surface area (Å²) < 4.78 is 1.35. The fourth-order valence-corrected chi connectivity index (χ4v) is 1.10. The normalized spacial score (nSPS) is 10.4. The summed E-state index contributed by atoms with van der Waals surface area (Å²) >= 11 is 5.61. The summed E-state index contributed by atoms with van der Waals surface area (Å²) in [7, 11) is 0. The Morgan fingerprint density at radius 2 is 2.42 bits per heavy atom. The summed E-state index contributed by atoms with van der Waals surface area (Å²) in [4.78, 5) is 10.5. The number of carbonyl (C=O) groups excluding carboxylic acids is 1. The molecule has 0 radical (unpaired) electrons. The van der Waals surface area contributed by atoms with Crippen LogP contribution < -0.4 is 0 Å². The highest BCUT2D eigenvalue weighted by Crippen LogP contribution is 2.09. The molecule has 2 rings (SSSR count). The van der Waals surface area contributed by atoms with Crippen LogP contribution in [-0.4, -0.2) is 26.1 Å². The summed E-state index contributed by atoms with van der Waals surface area (Å²) in [6.45, 7) is 0. The van der Waals surface area contributed by atoms with Crippen molar-refractivity contribution in [3.8, 4) is 0 Å². The number of carbonyl (C=O) groups is 1. The molecule has 0 saturated heterocycles. The van der Waals surface area contributed by atoms with Crippen molar-refractivity contribution in [2.45, 2.75) is 0 Å². The van der Waals surface area contributed by atoms with Crippen LogP contribution in [-0.2, 0) is 0 Å². The van der Waals surface area contributed by atoms with E-state index in [-0.39, 0.29) is 5.15 Å². The maximum atomic E-state index is 10.5. The van der Waals surface area contributed by atoms with Crippen LogP contribution in [0.1, 0.15) is 10.4 Å². The SMILES string of the molecule is O=Cc1cc(Cl)nn2cnnc12. The molecule has 0 atom stereocenters. The van der Waals surface area contributed by atoms with E-state index >= 15 is 0 Å². The van der Waals surface area contributed by atoms with Crippen LogP contribution in [0.3, 0.4) is 0 Å². The smallest absolute Gasteiger partial charge is 0.188 e. The second-order valence-electron chi connectivity index (χ2n) is 2.14. The summed E-state index contributed by atoms with van der Waals surface area (Å²) in [5, 5.41) is 11.4. The van der Waals surface area contributed by atoms with Gasteiger partial charge < -0.3 is 0 Å². The predicted molar refractivity (Wildman–Crippen MR) is 41.2 cm³/mol. The zero-order chi connectivity index (χ0) is 8.55. The summed E-state index contributed by atoms with van der Waals surface area (Å²) in [5.74, 6) is 0. The average molecular weight is 183 g/mol. The Labute approximate surface area is 72.0 Å². The Bertz CT molecular complexity index is 438. The third-order valence-electron chi connectivity index (χ3n) is 1.39. The molecule has 5 nitrogen and oxygen atoms in total. The molecule has 0 aromatic carbocycles. The summed E-state index contributed by atoms with van der Waals surface area (Å²) in [6.07, 6.45) is 2.05. The Balaban J connectivity index is 2.88. The van der Waals surface area contributed by atoms with E-state index in [9.17, 15) is 4.79 Å². The summed E-state index contributed by atoms with van der Waals surface area (Å²) in [5.41, 5.74) is 0.793. The molecule has 0 bridgehead atoms. The predicted octanol–water partition coefficient (Wildman–Crippen LogP) is 0.590. The molecule has 2 heterocycles. The van der Waals surface area contributed by atoms with Gasteiger partial charge in [-0.25, -0.2) is 0 Å². The van der Waals surface area contributed by atoms with Gasteiger partial charge in [-0.3, -0.25) is 4.79 Å². The number of nitrogens with zero attached hydrogens (tertiary/aromatic N) is 4. The molecule has 0 aliphatic heterocycles. The first-order valence-corrected chi connectivity index (χ1v) is 3.51. The Morgan fingerprint density at radius 1 is 1.58 bits per heavy atom. The number of aromatic nitrogens is 4. The topological polar surface area (TPSA) is 60.2 Å². The van der Waals surface area contributed by atoms with E-state index in [0.29, 0.717) is 17.5 Å². The van der Waals surface area contributed by atoms with Crippen LogP contribution in [0.25, 0.3) is 5.65 Å². The molecule has 0 unspecified atom stereocenters. The Morgan fingerprint density at radius 3 is 3.17 bits per heavy atom. The molecular formula is C6H3ClN4O. The minimum atomic E-state index is 0.240. The number of fused-ring (bicyclic) bond motifs is 1. The highest BCUT2D eigenvalue weighted by atomic mass is 35.5. The molecule has 0 spiro atoms. The maximum Gasteiger partial charge on any atom is 0.188 e. The van der Waals surface area contributed by atoms with Gasteiger partial charge in [0.15, 0.2) is 17.1 Å². The zero-order valence-corrected chi connectivity index (χ0v) is 6.56. The molecule has 6 heteroatoms. The minimum Gasteiger partial charge on any atom is -0.298 e. The van der Waals surface area contributed by atoms with E-state index in [1.54, 1.807) is 0 Å². The first-order valence-electron chi connectivity index (χ1n) is 3.13. The van der Waals surface area contributed by atoms with Crippen LogP contribution in [0.2, 0.25) is 5.15 Å². The van der Waals surface area contributed by atoms with Crippen molar-refractivity contribution in [3.63, 3.8) is 0 Å². The Hall–Kier alpha value is -1.49. The van der Waals surface area contributed by atoms with E-state index in [0.717, 1.165) is 0 Å². The largest absolute Gasteiger partial charge is 0.298 e. The molecule has 2 aromatic heterocycles. The van der Waals surface area contributed by atoms with Crippen LogP contribution in [0.5, 0.6) is 0 Å². The molecule has 2 aromatic rings. The quantitative estimate of drug-likeness (QED) is 0.606. The van der Waals surface area contributed by atoms with Crippen molar-refractivity contribution in [3.05, 3.63) is 23.1 Å². The van der Waals surface area contributed by atoms with Gasteiger partial charge in [0.25, 0.3) is 0 Å². The van der Waals surface area contributed by atoms with E-state index in [2.05, 4.69) is 15.3 Å². The van der Waals surface area contributed by atoms with Crippen LogP contribution in [0, 0.1) is 0 Å². The molecule has 60 valence electrons. The van der Waals surface area contributed by atoms with Gasteiger partial charge in [-0.1, -0.05) is 11.6 Å². The van der Waals surface area contributed by atoms with Crippen LogP contribution >= 0.6 is 11.6 Å². The molecule has 12 heavy (non-hydrogen) atoms. The highest BCUT2D eigenvalue weighted by Gasteiger charge is 2.04. The second kappa shape index (κ2) is 2.53. The summed E-state index contributed by atoms with van der Waals surface area (Å²) in [6, 6.07) is 1.44. The monoisotopic (exact) mass is 182 g/mol. The van der Waals surface area contributed by atoms with Crippen molar-refractivity contribution in [1.29, 1.82) is 0 Å². The first-order chi connectivity index (χ1) is 5.81. The van der Waals surface area contributed by atoms with Crippen molar-refractivity contribution in [2.24, 2.45) is 0 Å². The van der Waals surface area contributed by atoms with Gasteiger partial charge in [-0.2, -0.15) is 9.61 Å². The van der Waals surface area contributed by atoms with Gasteiger partial charge in [0.05, 0.1) is 5.56 Å². The number of hydrogen-bond acceptors (Lipinski definition) is 4. The lowest BCUT2D eigenvalue weighted by Gasteiger charge is -1.94. The highest BCUT2D eigenvalue weighted by molar-refractivity contribution is 6.29. The van der Waals surface area contributed by atoms with Gasteiger partial charge in [0, 0.05) is 0 Å². The van der Waals surface area contributed by atoms with Gasteiger partial charge in [-0.15, -0.1) is 10.2 Å². The number of hydrogen-bond donors (Lipinski definition) is 0. The van der Waals surface area contributed by atoms with Crippen molar-refractivity contribution < 1.29 is 4.79 Å². The van der Waals surface area contributed by atoms with Gasteiger partial charge >= 0.3 is 0 Å². The lowest BCUT2D eigenvalue weighted by molar-refractivity contribution is 0.112. The first kappa shape index (κ1) is 7.17. The van der Waals surface area contributed by atoms with E-state index in [1.165, 1.54) is 16.9 Å². The standard InChI is InChI=1S/C6H3ClN4O/c7-5-1-4(2-12)6-9-8-3-11(6)10-5/h1-3H. The Kier molecular flexibility index (Phi) is 1.51. The fraction of sp³-hybridized carbons (Fsp3) is 0. The molecule has 0 aliphatic rings. The van der Waals surface area contributed by atoms with E-state index in [1.807, 2.05) is 0 Å². The van der Waals surface area contributed by atoms with Crippen LogP contribution in [0.4, 0.5) is 0 Å². The van der Waals surface area contributed by atoms with Gasteiger partial charge in [0.1, 0.15) is 6.33 Å². The average Bonchev–Trinajstić information content (AvgIpc) is 2.50. The third-order valence-corrected chi connectivity index (χ3v) is 1.58. The molecule has 0 saturated carbocycles. The van der Waals surface area contributed by atoms with Gasteiger partial charge in [-0.05, 0) is 6.07 Å². The molecule has 0 N–H and O–H groups in total. The lowest BCUT2D eigenvalue weighted by Crippen LogP contribution is -1.95. The fourth-order valence-electron chi connectivity index (χ4n) is 0.904. The lowest BCUT2D eigenvalue weighted by atomic mass is 10.3. The number of rotatable bonds is 1. The molecule has 0 fully saturated rings. The molecule has 0 aliphatic carbocycles. The van der Waals surface area contributed by atoms with Crippen LogP contribution in [0.15, 0.2) is 12.4 Å². The number of aldehydes is 1. The maximum absolute atomic E-state index is 10.5.